The average molecular weight is 312 g/mol. The Kier molecular flexibility index (Phi) is 5.99. The monoisotopic (exact) mass is 312 g/mol. The smallest absolute Gasteiger partial charge is 0.235 e. The lowest BCUT2D eigenvalue weighted by molar-refractivity contribution is -0.140. The first kappa shape index (κ1) is 16.7. The van der Waals surface area contributed by atoms with Gasteiger partial charge in [0.1, 0.15) is 0 Å². The van der Waals surface area contributed by atoms with Crippen LogP contribution in [0, 0.1) is 11.3 Å². The van der Waals surface area contributed by atoms with E-state index in [0.29, 0.717) is 10.9 Å². The fourth-order valence-corrected chi connectivity index (χ4v) is 4.03. The summed E-state index contributed by atoms with van der Waals surface area (Å²) in [5, 5.41) is 0. The molecular formula is C16H28N2O2S. The summed E-state index contributed by atoms with van der Waals surface area (Å²) in [7, 11) is 1.74. The summed E-state index contributed by atoms with van der Waals surface area (Å²) in [6, 6.07) is 0. The average Bonchev–Trinajstić information content (AvgIpc) is 2.74. The second kappa shape index (κ2) is 7.54. The predicted molar refractivity (Wildman–Crippen MR) is 88.1 cm³/mol. The van der Waals surface area contributed by atoms with Crippen molar-refractivity contribution in [3.05, 3.63) is 0 Å². The number of methoxy groups -OCH3 is 1. The zero-order chi connectivity index (χ0) is 15.3. The molecule has 1 aliphatic heterocycles. The van der Waals surface area contributed by atoms with E-state index < -0.39 is 5.41 Å². The van der Waals surface area contributed by atoms with Crippen LogP contribution in [0.4, 0.5) is 0 Å². The van der Waals surface area contributed by atoms with Gasteiger partial charge in [0, 0.05) is 26.8 Å². The molecule has 0 unspecified atom stereocenters. The molecule has 0 aromatic carbocycles. The van der Waals surface area contributed by atoms with Crippen molar-refractivity contribution in [1.29, 1.82) is 0 Å². The number of likely N-dealkylation sites (tertiary alicyclic amines) is 1. The summed E-state index contributed by atoms with van der Waals surface area (Å²) in [4.78, 5) is 15.5. The largest absolute Gasteiger partial charge is 0.392 e. The number of carbonyl (C=O) groups excluding carboxylic acids is 1. The van der Waals surface area contributed by atoms with E-state index in [2.05, 4.69) is 0 Å². The number of hydrogen-bond donors (Lipinski definition) is 1. The number of amides is 1. The Bertz CT molecular complexity index is 370. The number of carbonyl (C=O) groups is 1. The molecule has 1 heterocycles. The highest BCUT2D eigenvalue weighted by molar-refractivity contribution is 7.80. The molecule has 4 nitrogen and oxygen atoms in total. The Morgan fingerprint density at radius 2 is 1.81 bits per heavy atom. The van der Waals surface area contributed by atoms with E-state index in [4.69, 9.17) is 22.7 Å². The first-order valence-corrected chi connectivity index (χ1v) is 8.59. The van der Waals surface area contributed by atoms with E-state index >= 15 is 0 Å². The molecule has 0 atom stereocenters. The Hall–Kier alpha value is -0.680. The van der Waals surface area contributed by atoms with E-state index in [1.807, 2.05) is 4.90 Å². The first-order chi connectivity index (χ1) is 10.1. The number of nitrogens with two attached hydrogens (primary N) is 1. The normalized spacial score (nSPS) is 23.6. The third kappa shape index (κ3) is 3.75. The summed E-state index contributed by atoms with van der Waals surface area (Å²) in [5.41, 5.74) is 5.45. The van der Waals surface area contributed by atoms with Crippen LogP contribution in [0.5, 0.6) is 0 Å². The van der Waals surface area contributed by atoms with Crippen LogP contribution in [0.25, 0.3) is 0 Å². The molecule has 0 radical (unpaired) electrons. The van der Waals surface area contributed by atoms with E-state index in [0.717, 1.165) is 58.2 Å². The first-order valence-electron chi connectivity index (χ1n) is 8.18. The van der Waals surface area contributed by atoms with Crippen molar-refractivity contribution in [2.24, 2.45) is 17.1 Å². The lowest BCUT2D eigenvalue weighted by Crippen LogP contribution is -2.52. The van der Waals surface area contributed by atoms with Gasteiger partial charge in [-0.05, 0) is 31.6 Å². The van der Waals surface area contributed by atoms with E-state index in [1.165, 1.54) is 12.8 Å². The van der Waals surface area contributed by atoms with Crippen LogP contribution < -0.4 is 5.73 Å². The van der Waals surface area contributed by atoms with Gasteiger partial charge in [0.25, 0.3) is 0 Å². The van der Waals surface area contributed by atoms with Crippen molar-refractivity contribution in [2.45, 2.75) is 51.4 Å². The van der Waals surface area contributed by atoms with Gasteiger partial charge in [-0.1, -0.05) is 37.9 Å². The third-order valence-electron chi connectivity index (χ3n) is 5.14. The fraction of sp³-hybridized carbons (Fsp3) is 0.875. The molecule has 0 bridgehead atoms. The minimum atomic E-state index is -0.570. The molecule has 0 spiro atoms. The van der Waals surface area contributed by atoms with Crippen molar-refractivity contribution in [1.82, 2.24) is 4.90 Å². The van der Waals surface area contributed by atoms with Crippen molar-refractivity contribution in [2.75, 3.05) is 26.8 Å². The van der Waals surface area contributed by atoms with Crippen LogP contribution in [0.1, 0.15) is 51.4 Å². The zero-order valence-corrected chi connectivity index (χ0v) is 13.9. The van der Waals surface area contributed by atoms with Crippen LogP contribution in [-0.2, 0) is 9.53 Å². The molecule has 2 aliphatic rings. The van der Waals surface area contributed by atoms with Crippen LogP contribution in [0.3, 0.4) is 0 Å². The summed E-state index contributed by atoms with van der Waals surface area (Å²) in [6.07, 6.45) is 8.20. The van der Waals surface area contributed by atoms with Crippen LogP contribution in [0.2, 0.25) is 0 Å². The Balaban J connectivity index is 2.04. The minimum absolute atomic E-state index is 0.188. The van der Waals surface area contributed by atoms with Gasteiger partial charge in [0.05, 0.1) is 10.4 Å². The van der Waals surface area contributed by atoms with Gasteiger partial charge in [0.15, 0.2) is 0 Å². The summed E-state index contributed by atoms with van der Waals surface area (Å²) >= 11 is 5.31. The van der Waals surface area contributed by atoms with Crippen molar-refractivity contribution in [3.8, 4) is 0 Å². The molecule has 2 N–H and O–H groups in total. The molecule has 0 aromatic heterocycles. The molecule has 1 amide bonds. The second-order valence-electron chi connectivity index (χ2n) is 6.55. The SMILES string of the molecule is COCC1CCN(C(=O)C2(C(N)=S)CCCCCC2)CC1. The number of thiocarbonyl (C=S) groups is 1. The molecule has 5 heteroatoms. The fourth-order valence-electron chi connectivity index (χ4n) is 3.74. The lowest BCUT2D eigenvalue weighted by Gasteiger charge is -2.39. The molecule has 1 aliphatic carbocycles. The zero-order valence-electron chi connectivity index (χ0n) is 13.1. The minimum Gasteiger partial charge on any atom is -0.392 e. The molecule has 2 rings (SSSR count). The van der Waals surface area contributed by atoms with E-state index in [9.17, 15) is 4.79 Å². The van der Waals surface area contributed by atoms with Crippen molar-refractivity contribution >= 4 is 23.1 Å². The molecule has 0 aromatic rings. The number of rotatable bonds is 4. The third-order valence-corrected chi connectivity index (χ3v) is 5.53. The van der Waals surface area contributed by atoms with Crippen LogP contribution >= 0.6 is 12.2 Å². The summed E-state index contributed by atoms with van der Waals surface area (Å²) in [6.45, 7) is 2.43. The topological polar surface area (TPSA) is 55.6 Å². The highest BCUT2D eigenvalue weighted by Crippen LogP contribution is 2.38. The maximum absolute atomic E-state index is 13.1. The number of piperidine rings is 1. The Labute approximate surface area is 133 Å². The van der Waals surface area contributed by atoms with Gasteiger partial charge in [-0.15, -0.1) is 0 Å². The maximum Gasteiger partial charge on any atom is 0.235 e. The van der Waals surface area contributed by atoms with Gasteiger partial charge in [-0.3, -0.25) is 4.79 Å². The molecule has 2 fully saturated rings. The molecule has 21 heavy (non-hydrogen) atoms. The van der Waals surface area contributed by atoms with Crippen LogP contribution in [0.15, 0.2) is 0 Å². The van der Waals surface area contributed by atoms with E-state index in [-0.39, 0.29) is 5.91 Å². The number of ether oxygens (including phenoxy) is 1. The summed E-state index contributed by atoms with van der Waals surface area (Å²) < 4.78 is 5.22. The van der Waals surface area contributed by atoms with Gasteiger partial charge < -0.3 is 15.4 Å². The highest BCUT2D eigenvalue weighted by Gasteiger charge is 2.44. The lowest BCUT2D eigenvalue weighted by atomic mass is 9.78. The molecular weight excluding hydrogens is 284 g/mol. The standard InChI is InChI=1S/C16H28N2O2S/c1-20-12-13-6-10-18(11-7-13)15(19)16(14(17)21)8-4-2-3-5-9-16/h13H,2-12H2,1H3,(H2,17,21). The van der Waals surface area contributed by atoms with Gasteiger partial charge in [-0.2, -0.15) is 0 Å². The Morgan fingerprint density at radius 1 is 1.24 bits per heavy atom. The maximum atomic E-state index is 13.1. The van der Waals surface area contributed by atoms with Crippen LogP contribution in [-0.4, -0.2) is 42.6 Å². The van der Waals surface area contributed by atoms with E-state index in [1.54, 1.807) is 7.11 Å². The molecule has 1 saturated heterocycles. The van der Waals surface area contributed by atoms with Crippen molar-refractivity contribution in [3.63, 3.8) is 0 Å². The molecule has 1 saturated carbocycles. The molecule has 120 valence electrons. The number of nitrogens with zero attached hydrogens (tertiary/aromatic N) is 1. The van der Waals surface area contributed by atoms with Crippen molar-refractivity contribution < 1.29 is 9.53 Å². The second-order valence-corrected chi connectivity index (χ2v) is 6.99. The summed E-state index contributed by atoms with van der Waals surface area (Å²) in [5.74, 6) is 0.765. The Morgan fingerprint density at radius 3 is 2.29 bits per heavy atom. The van der Waals surface area contributed by atoms with Gasteiger partial charge in [0.2, 0.25) is 5.91 Å². The van der Waals surface area contributed by atoms with Gasteiger partial charge in [-0.25, -0.2) is 0 Å². The predicted octanol–water partition coefficient (Wildman–Crippen LogP) is 2.50. The highest BCUT2D eigenvalue weighted by atomic mass is 32.1. The number of hydrogen-bond acceptors (Lipinski definition) is 3. The van der Waals surface area contributed by atoms with Gasteiger partial charge >= 0.3 is 0 Å². The quantitative estimate of drug-likeness (QED) is 0.640.